The largest absolute Gasteiger partial charge is 0.459 e. The molecule has 14 heteroatoms. The summed E-state index contributed by atoms with van der Waals surface area (Å²) in [6, 6.07) is 5.46. The summed E-state index contributed by atoms with van der Waals surface area (Å²) in [6.45, 7) is 2.72. The molecule has 2 atom stereocenters. The van der Waals surface area contributed by atoms with Gasteiger partial charge in [-0.2, -0.15) is 0 Å². The van der Waals surface area contributed by atoms with E-state index in [9.17, 15) is 9.59 Å². The fourth-order valence-electron chi connectivity index (χ4n) is 5.84. The van der Waals surface area contributed by atoms with E-state index in [-0.39, 0.29) is 23.1 Å². The van der Waals surface area contributed by atoms with Crippen molar-refractivity contribution in [2.75, 3.05) is 36.5 Å². The van der Waals surface area contributed by atoms with E-state index < -0.39 is 5.91 Å². The minimum absolute atomic E-state index is 0.000606. The molecule has 0 radical (unpaired) electrons. The molecule has 0 spiro atoms. The molecule has 5 aromatic heterocycles. The summed E-state index contributed by atoms with van der Waals surface area (Å²) in [4.78, 5) is 37.1. The van der Waals surface area contributed by atoms with Gasteiger partial charge in [0.05, 0.1) is 39.9 Å². The van der Waals surface area contributed by atoms with Crippen molar-refractivity contribution >= 4 is 44.1 Å². The van der Waals surface area contributed by atoms with Crippen LogP contribution in [0.15, 0.2) is 46.2 Å². The number of morpholine rings is 1. The number of ether oxygens (including phenoxy) is 1. The van der Waals surface area contributed by atoms with Crippen molar-refractivity contribution in [3.05, 3.63) is 64.0 Å². The zero-order valence-electron chi connectivity index (χ0n) is 23.4. The van der Waals surface area contributed by atoms with Crippen LogP contribution in [0, 0.1) is 0 Å². The van der Waals surface area contributed by atoms with Crippen molar-refractivity contribution < 1.29 is 13.9 Å². The third kappa shape index (κ3) is 5.21. The Morgan fingerprint density at radius 1 is 1.19 bits per heavy atom. The summed E-state index contributed by atoms with van der Waals surface area (Å²) in [7, 11) is 0. The molecule has 1 aliphatic heterocycles. The third-order valence-electron chi connectivity index (χ3n) is 8.13. The van der Waals surface area contributed by atoms with Gasteiger partial charge in [-0.15, -0.1) is 21.5 Å². The number of amides is 1. The van der Waals surface area contributed by atoms with E-state index in [1.807, 2.05) is 12.1 Å². The van der Waals surface area contributed by atoms with Gasteiger partial charge >= 0.3 is 0 Å². The smallest absolute Gasteiger partial charge is 0.254 e. The fourth-order valence-corrected chi connectivity index (χ4v) is 7.03. The number of anilines is 2. The molecule has 5 aromatic rings. The van der Waals surface area contributed by atoms with Gasteiger partial charge < -0.3 is 30.8 Å². The zero-order chi connectivity index (χ0) is 29.5. The minimum Gasteiger partial charge on any atom is -0.459 e. The summed E-state index contributed by atoms with van der Waals surface area (Å²) >= 11 is 1.51. The molecule has 13 nitrogen and oxygen atoms in total. The van der Waals surface area contributed by atoms with E-state index in [4.69, 9.17) is 30.6 Å². The molecule has 5 N–H and O–H groups in total. The number of rotatable bonds is 7. The number of pyridine rings is 1. The van der Waals surface area contributed by atoms with Crippen LogP contribution in [0.2, 0.25) is 0 Å². The van der Waals surface area contributed by atoms with Crippen LogP contribution < -0.4 is 27.1 Å². The highest BCUT2D eigenvalue weighted by molar-refractivity contribution is 7.22. The molecule has 1 saturated carbocycles. The van der Waals surface area contributed by atoms with Crippen LogP contribution in [-0.4, -0.2) is 68.9 Å². The first-order valence-corrected chi connectivity index (χ1v) is 15.2. The lowest BCUT2D eigenvalue weighted by Gasteiger charge is -2.30. The second-order valence-electron chi connectivity index (χ2n) is 10.9. The topological polar surface area (TPSA) is 180 Å². The average molecular weight is 602 g/mol. The fraction of sp³-hybridized carbons (Fsp3) is 0.379. The van der Waals surface area contributed by atoms with Crippen LogP contribution in [0.25, 0.3) is 27.2 Å². The van der Waals surface area contributed by atoms with E-state index in [2.05, 4.69) is 20.4 Å². The Bertz CT molecular complexity index is 1860. The maximum atomic E-state index is 12.8. The van der Waals surface area contributed by atoms with Crippen LogP contribution in [0.1, 0.15) is 47.3 Å². The van der Waals surface area contributed by atoms with Crippen molar-refractivity contribution in [2.24, 2.45) is 11.5 Å². The number of nitrogens with zero attached hydrogens (tertiary/aromatic N) is 6. The van der Waals surface area contributed by atoms with E-state index >= 15 is 0 Å². The Morgan fingerprint density at radius 3 is 2.79 bits per heavy atom. The normalized spacial score (nSPS) is 19.2. The predicted octanol–water partition coefficient (Wildman–Crippen LogP) is 2.56. The van der Waals surface area contributed by atoms with Gasteiger partial charge in [-0.1, -0.05) is 18.9 Å². The number of nitrogens with two attached hydrogens (primary N) is 2. The number of carbonyl (C=O) groups is 1. The van der Waals surface area contributed by atoms with E-state index in [1.165, 1.54) is 17.7 Å². The van der Waals surface area contributed by atoms with Crippen LogP contribution in [0.5, 0.6) is 0 Å². The number of furan rings is 1. The number of nitrogens with one attached hydrogen (secondary N) is 1. The number of aromatic nitrogens is 5. The molecule has 1 amide bonds. The van der Waals surface area contributed by atoms with Crippen molar-refractivity contribution in [2.45, 2.75) is 44.2 Å². The second-order valence-corrected chi connectivity index (χ2v) is 12.0. The molecule has 43 heavy (non-hydrogen) atoms. The molecule has 2 aliphatic rings. The van der Waals surface area contributed by atoms with Crippen molar-refractivity contribution in [3.63, 3.8) is 0 Å². The minimum atomic E-state index is -0.637. The zero-order valence-corrected chi connectivity index (χ0v) is 24.2. The summed E-state index contributed by atoms with van der Waals surface area (Å²) in [5.41, 5.74) is 15.6. The predicted molar refractivity (Wildman–Crippen MR) is 163 cm³/mol. The van der Waals surface area contributed by atoms with Gasteiger partial charge in [-0.25, -0.2) is 4.98 Å². The standard InChI is InChI=1S/C29H31N9O4S/c30-18-3-1-2-4-20(18)34-29-35-21(24(27(31)40)28-36-33-15-38(28)29)11-16-5-6-19(32-13-16)17-14-42-25-22(39)12-23(43-26(17)25)37-7-9-41-10-8-37/h5-6,12-15,18,20H,1-4,7-11,30H2,(H2,31,40)(H,34,35)/t18-,20+/m1/s1. The molecule has 0 aromatic carbocycles. The summed E-state index contributed by atoms with van der Waals surface area (Å²) in [6.07, 6.45) is 9.16. The number of carbonyl (C=O) groups excluding carboxylic acids is 1. The average Bonchev–Trinajstić information content (AvgIpc) is 3.67. The van der Waals surface area contributed by atoms with Gasteiger partial charge in [-0.05, 0) is 24.5 Å². The maximum Gasteiger partial charge on any atom is 0.254 e. The van der Waals surface area contributed by atoms with Crippen LogP contribution in [-0.2, 0) is 11.2 Å². The van der Waals surface area contributed by atoms with E-state index in [0.29, 0.717) is 48.2 Å². The van der Waals surface area contributed by atoms with Crippen LogP contribution >= 0.6 is 11.3 Å². The first-order chi connectivity index (χ1) is 21.0. The molecule has 222 valence electrons. The Morgan fingerprint density at radius 2 is 2.02 bits per heavy atom. The maximum absolute atomic E-state index is 12.8. The Labute approximate surface area is 249 Å². The van der Waals surface area contributed by atoms with Crippen molar-refractivity contribution in [3.8, 4) is 11.3 Å². The molecule has 0 bridgehead atoms. The molecule has 0 unspecified atom stereocenters. The van der Waals surface area contributed by atoms with Gasteiger partial charge in [0.15, 0.2) is 11.2 Å². The number of hydrogen-bond donors (Lipinski definition) is 3. The second kappa shape index (κ2) is 11.4. The molecule has 1 aliphatic carbocycles. The highest BCUT2D eigenvalue weighted by atomic mass is 32.1. The number of hydrogen-bond acceptors (Lipinski definition) is 12. The van der Waals surface area contributed by atoms with E-state index in [0.717, 1.165) is 59.6 Å². The summed E-state index contributed by atoms with van der Waals surface area (Å²) in [5.74, 6) is -0.121. The molecule has 7 rings (SSSR count). The van der Waals surface area contributed by atoms with Crippen LogP contribution in [0.3, 0.4) is 0 Å². The molecule has 6 heterocycles. The van der Waals surface area contributed by atoms with Gasteiger partial charge in [0.2, 0.25) is 11.4 Å². The first-order valence-electron chi connectivity index (χ1n) is 14.3. The van der Waals surface area contributed by atoms with Gasteiger partial charge in [-0.3, -0.25) is 19.0 Å². The van der Waals surface area contributed by atoms with Crippen LogP contribution in [0.4, 0.5) is 10.9 Å². The monoisotopic (exact) mass is 601 g/mol. The lowest BCUT2D eigenvalue weighted by atomic mass is 9.91. The highest BCUT2D eigenvalue weighted by Gasteiger charge is 2.26. The Balaban J connectivity index is 1.20. The van der Waals surface area contributed by atoms with Gasteiger partial charge in [0.25, 0.3) is 5.91 Å². The van der Waals surface area contributed by atoms with Gasteiger partial charge in [0, 0.05) is 43.9 Å². The van der Waals surface area contributed by atoms with E-state index in [1.54, 1.807) is 22.9 Å². The first kappa shape index (κ1) is 27.4. The molecular formula is C29H31N9O4S. The van der Waals surface area contributed by atoms with Gasteiger partial charge in [0.1, 0.15) is 18.2 Å². The highest BCUT2D eigenvalue weighted by Crippen LogP contribution is 2.35. The lowest BCUT2D eigenvalue weighted by Crippen LogP contribution is -2.43. The Kier molecular flexibility index (Phi) is 7.24. The lowest BCUT2D eigenvalue weighted by molar-refractivity contribution is 0.1000. The van der Waals surface area contributed by atoms with Crippen molar-refractivity contribution in [1.29, 1.82) is 0 Å². The number of primary amides is 1. The quantitative estimate of drug-likeness (QED) is 0.249. The SMILES string of the molecule is NC(=O)c1c(Cc2ccc(-c3coc4c(=O)cc(N5CCOCC5)sc34)nc2)nc(N[C@H]2CCCC[C@H]2N)n2cnnc12. The third-order valence-corrected chi connectivity index (χ3v) is 9.33. The summed E-state index contributed by atoms with van der Waals surface area (Å²) < 4.78 is 13.5. The summed E-state index contributed by atoms with van der Waals surface area (Å²) in [5, 5.41) is 12.5. The van der Waals surface area contributed by atoms with Crippen molar-refractivity contribution in [1.82, 2.24) is 24.6 Å². The molecule has 1 saturated heterocycles. The molecule has 2 fully saturated rings. The number of fused-ring (bicyclic) bond motifs is 2. The Hall–Kier alpha value is -4.40. The molecular weight excluding hydrogens is 570 g/mol.